The second kappa shape index (κ2) is 7.23. The van der Waals surface area contributed by atoms with E-state index in [-0.39, 0.29) is 11.8 Å². The normalized spacial score (nSPS) is 18.1. The molecule has 3 rings (SSSR count). The molecule has 1 fully saturated rings. The average Bonchev–Trinajstić information content (AvgIpc) is 3.02. The molecule has 0 radical (unpaired) electrons. The number of carbonyl (C=O) groups is 1. The fraction of sp³-hybridized carbons (Fsp3) is 0.412. The lowest BCUT2D eigenvalue weighted by atomic mass is 9.98. The third kappa shape index (κ3) is 3.97. The predicted octanol–water partition coefficient (Wildman–Crippen LogP) is 2.07. The summed E-state index contributed by atoms with van der Waals surface area (Å²) in [6.07, 6.45) is 1.98. The fourth-order valence-electron chi connectivity index (χ4n) is 2.95. The minimum Gasteiger partial charge on any atom is -0.339 e. The second-order valence-corrected chi connectivity index (χ2v) is 5.99. The molecule has 1 aliphatic heterocycles. The molecule has 7 nitrogen and oxygen atoms in total. The molecule has 1 aliphatic rings. The molecule has 2 heterocycles. The highest BCUT2D eigenvalue weighted by molar-refractivity contribution is 5.92. The van der Waals surface area contributed by atoms with Gasteiger partial charge in [0.25, 0.3) is 0 Å². The van der Waals surface area contributed by atoms with Crippen molar-refractivity contribution >= 4 is 11.6 Å². The Labute approximate surface area is 140 Å². The summed E-state index contributed by atoms with van der Waals surface area (Å²) in [5.41, 5.74) is 1.16. The van der Waals surface area contributed by atoms with Crippen LogP contribution in [0.25, 0.3) is 0 Å². The first-order valence-electron chi connectivity index (χ1n) is 7.96. The highest BCUT2D eigenvalue weighted by Crippen LogP contribution is 2.25. The quantitative estimate of drug-likeness (QED) is 0.924. The topological polar surface area (TPSA) is 95.0 Å². The van der Waals surface area contributed by atoms with Crippen LogP contribution in [0.1, 0.15) is 36.0 Å². The van der Waals surface area contributed by atoms with Gasteiger partial charge in [-0.1, -0.05) is 11.2 Å². The molecule has 24 heavy (non-hydrogen) atoms. The summed E-state index contributed by atoms with van der Waals surface area (Å²) in [6.45, 7) is 3.71. The van der Waals surface area contributed by atoms with Gasteiger partial charge in [0.1, 0.15) is 0 Å². The lowest BCUT2D eigenvalue weighted by molar-refractivity contribution is -0.117. The van der Waals surface area contributed by atoms with Gasteiger partial charge in [0, 0.05) is 12.2 Å². The van der Waals surface area contributed by atoms with Gasteiger partial charge in [-0.05, 0) is 44.5 Å². The SMILES string of the molecule is Cc1noc(C2CCCN(CC(=O)Nc3cccc(C#N)c3)C2)n1. The Morgan fingerprint density at radius 2 is 2.42 bits per heavy atom. The zero-order valence-electron chi connectivity index (χ0n) is 13.5. The molecule has 1 aromatic carbocycles. The van der Waals surface area contributed by atoms with E-state index in [2.05, 4.69) is 26.4 Å². The number of carbonyl (C=O) groups excluding carboxylic acids is 1. The zero-order chi connectivity index (χ0) is 16.9. The molecule has 2 aromatic rings. The Hall–Kier alpha value is -2.72. The van der Waals surface area contributed by atoms with E-state index in [1.807, 2.05) is 0 Å². The van der Waals surface area contributed by atoms with Crippen LogP contribution < -0.4 is 5.32 Å². The molecule has 1 amide bonds. The Balaban J connectivity index is 1.57. The van der Waals surface area contributed by atoms with Crippen molar-refractivity contribution in [1.82, 2.24) is 15.0 Å². The van der Waals surface area contributed by atoms with Crippen molar-refractivity contribution < 1.29 is 9.32 Å². The highest BCUT2D eigenvalue weighted by atomic mass is 16.5. The van der Waals surface area contributed by atoms with Gasteiger partial charge < -0.3 is 9.84 Å². The molecule has 0 spiro atoms. The number of hydrogen-bond donors (Lipinski definition) is 1. The number of piperidine rings is 1. The van der Waals surface area contributed by atoms with Gasteiger partial charge in [-0.3, -0.25) is 9.69 Å². The van der Waals surface area contributed by atoms with Gasteiger partial charge in [-0.15, -0.1) is 0 Å². The van der Waals surface area contributed by atoms with Crippen molar-refractivity contribution in [3.05, 3.63) is 41.5 Å². The van der Waals surface area contributed by atoms with Gasteiger partial charge >= 0.3 is 0 Å². The summed E-state index contributed by atoms with van der Waals surface area (Å²) in [5, 5.41) is 15.6. The number of aryl methyl sites for hydroxylation is 1. The summed E-state index contributed by atoms with van der Waals surface area (Å²) < 4.78 is 5.26. The van der Waals surface area contributed by atoms with Crippen LogP contribution >= 0.6 is 0 Å². The first kappa shape index (κ1) is 16.1. The maximum Gasteiger partial charge on any atom is 0.238 e. The molecule has 1 atom stereocenters. The Morgan fingerprint density at radius 3 is 3.17 bits per heavy atom. The summed E-state index contributed by atoms with van der Waals surface area (Å²) in [4.78, 5) is 18.6. The van der Waals surface area contributed by atoms with Crippen molar-refractivity contribution in [3.63, 3.8) is 0 Å². The van der Waals surface area contributed by atoms with E-state index in [9.17, 15) is 4.79 Å². The summed E-state index contributed by atoms with van der Waals surface area (Å²) in [5.74, 6) is 1.37. The van der Waals surface area contributed by atoms with Crippen LogP contribution in [0.4, 0.5) is 5.69 Å². The molecule has 0 saturated carbocycles. The molecule has 1 aromatic heterocycles. The summed E-state index contributed by atoms with van der Waals surface area (Å²) in [6, 6.07) is 8.96. The Kier molecular flexibility index (Phi) is 4.87. The van der Waals surface area contributed by atoms with Gasteiger partial charge in [0.2, 0.25) is 11.8 Å². The monoisotopic (exact) mass is 325 g/mol. The van der Waals surface area contributed by atoms with E-state index >= 15 is 0 Å². The van der Waals surface area contributed by atoms with Gasteiger partial charge in [0.05, 0.1) is 24.1 Å². The molecule has 7 heteroatoms. The number of rotatable bonds is 4. The van der Waals surface area contributed by atoms with Crippen molar-refractivity contribution in [2.45, 2.75) is 25.7 Å². The zero-order valence-corrected chi connectivity index (χ0v) is 13.5. The van der Waals surface area contributed by atoms with E-state index in [4.69, 9.17) is 9.78 Å². The predicted molar refractivity (Wildman–Crippen MR) is 87.2 cm³/mol. The number of benzene rings is 1. The second-order valence-electron chi connectivity index (χ2n) is 5.99. The first-order chi connectivity index (χ1) is 11.6. The number of likely N-dealkylation sites (tertiary alicyclic amines) is 1. The largest absolute Gasteiger partial charge is 0.339 e. The third-order valence-electron chi connectivity index (χ3n) is 4.04. The van der Waals surface area contributed by atoms with Crippen molar-refractivity contribution in [1.29, 1.82) is 5.26 Å². The maximum absolute atomic E-state index is 12.2. The lowest BCUT2D eigenvalue weighted by Crippen LogP contribution is -2.39. The van der Waals surface area contributed by atoms with Gasteiger partial charge in [-0.2, -0.15) is 10.2 Å². The van der Waals surface area contributed by atoms with Crippen LogP contribution in [0.15, 0.2) is 28.8 Å². The lowest BCUT2D eigenvalue weighted by Gasteiger charge is -2.30. The Bertz CT molecular complexity index is 764. The molecular weight excluding hydrogens is 306 g/mol. The number of nitrogens with one attached hydrogen (secondary N) is 1. The van der Waals surface area contributed by atoms with Gasteiger partial charge in [0.15, 0.2) is 5.82 Å². The van der Waals surface area contributed by atoms with Gasteiger partial charge in [-0.25, -0.2) is 0 Å². The number of amides is 1. The number of anilines is 1. The summed E-state index contributed by atoms with van der Waals surface area (Å²) >= 11 is 0. The van der Waals surface area contributed by atoms with E-state index in [1.165, 1.54) is 0 Å². The number of nitrogens with zero attached hydrogens (tertiary/aromatic N) is 4. The van der Waals surface area contributed by atoms with Crippen molar-refractivity contribution in [2.75, 3.05) is 25.0 Å². The van der Waals surface area contributed by atoms with Crippen LogP contribution in [0.2, 0.25) is 0 Å². The van der Waals surface area contributed by atoms with Crippen molar-refractivity contribution in [2.24, 2.45) is 0 Å². The van der Waals surface area contributed by atoms with Crippen molar-refractivity contribution in [3.8, 4) is 6.07 Å². The van der Waals surface area contributed by atoms with Crippen LogP contribution in [0.3, 0.4) is 0 Å². The average molecular weight is 325 g/mol. The summed E-state index contributed by atoms with van der Waals surface area (Å²) in [7, 11) is 0. The minimum absolute atomic E-state index is 0.0903. The molecular formula is C17H19N5O2. The minimum atomic E-state index is -0.0903. The van der Waals surface area contributed by atoms with Crippen LogP contribution in [0.5, 0.6) is 0 Å². The molecule has 1 unspecified atom stereocenters. The van der Waals surface area contributed by atoms with Crippen LogP contribution in [-0.4, -0.2) is 40.6 Å². The molecule has 1 saturated heterocycles. The maximum atomic E-state index is 12.2. The smallest absolute Gasteiger partial charge is 0.238 e. The highest BCUT2D eigenvalue weighted by Gasteiger charge is 2.26. The van der Waals surface area contributed by atoms with Crippen LogP contribution in [0, 0.1) is 18.3 Å². The molecule has 0 aliphatic carbocycles. The standard InChI is InChI=1S/C17H19N5O2/c1-12-19-17(24-21-12)14-5-3-7-22(10-14)11-16(23)20-15-6-2-4-13(8-15)9-18/h2,4,6,8,14H,3,5,7,10-11H2,1H3,(H,20,23). The number of hydrogen-bond acceptors (Lipinski definition) is 6. The molecule has 1 N–H and O–H groups in total. The molecule has 0 bridgehead atoms. The number of aromatic nitrogens is 2. The molecule has 124 valence electrons. The van der Waals surface area contributed by atoms with E-state index in [1.54, 1.807) is 31.2 Å². The first-order valence-corrected chi connectivity index (χ1v) is 7.96. The number of nitriles is 1. The van der Waals surface area contributed by atoms with Crippen LogP contribution in [-0.2, 0) is 4.79 Å². The Morgan fingerprint density at radius 1 is 1.54 bits per heavy atom. The fourth-order valence-corrected chi connectivity index (χ4v) is 2.95. The third-order valence-corrected chi connectivity index (χ3v) is 4.04. The van der Waals surface area contributed by atoms with E-state index in [0.717, 1.165) is 25.9 Å². The van der Waals surface area contributed by atoms with E-state index < -0.39 is 0 Å². The van der Waals surface area contributed by atoms with E-state index in [0.29, 0.717) is 29.5 Å².